The highest BCUT2D eigenvalue weighted by Crippen LogP contribution is 2.27. The van der Waals surface area contributed by atoms with Crippen LogP contribution in [0.5, 0.6) is 5.75 Å². The van der Waals surface area contributed by atoms with Crippen molar-refractivity contribution in [3.63, 3.8) is 0 Å². The van der Waals surface area contributed by atoms with Crippen molar-refractivity contribution in [2.45, 2.75) is 25.3 Å². The Morgan fingerprint density at radius 3 is 2.69 bits per heavy atom. The lowest BCUT2D eigenvalue weighted by Gasteiger charge is -2.22. The molecule has 3 N–H and O–H groups in total. The van der Waals surface area contributed by atoms with Crippen LogP contribution in [0, 0.1) is 11.7 Å². The molecule has 2 aromatic heterocycles. The number of ether oxygens (including phenoxy) is 1. The van der Waals surface area contributed by atoms with E-state index in [0.717, 1.165) is 19.3 Å². The average Bonchev–Trinajstić information content (AvgIpc) is 3.49. The smallest absolute Gasteiger partial charge is 0.272 e. The number of nitrogens with one attached hydrogen (secondary N) is 2. The fourth-order valence-corrected chi connectivity index (χ4v) is 3.80. The second-order valence-electron chi connectivity index (χ2n) is 7.57. The third kappa shape index (κ3) is 5.20. The average molecular weight is 440 g/mol. The van der Waals surface area contributed by atoms with Gasteiger partial charge in [0.15, 0.2) is 5.69 Å². The third-order valence-corrected chi connectivity index (χ3v) is 5.39. The number of aliphatic hydroxyl groups is 1. The van der Waals surface area contributed by atoms with Gasteiger partial charge in [-0.15, -0.1) is 4.80 Å². The molecule has 0 unspecified atom stereocenters. The number of benzene rings is 1. The van der Waals surface area contributed by atoms with Crippen LogP contribution in [0.4, 0.5) is 10.2 Å². The minimum Gasteiger partial charge on any atom is -0.493 e. The predicted octanol–water partition coefficient (Wildman–Crippen LogP) is 2.18. The number of halogens is 1. The number of amides is 1. The van der Waals surface area contributed by atoms with Crippen molar-refractivity contribution >= 4 is 11.7 Å². The zero-order valence-electron chi connectivity index (χ0n) is 17.4. The maximum atomic E-state index is 13.2. The fraction of sp³-hybridized carbons (Fsp3) is 0.364. The summed E-state index contributed by atoms with van der Waals surface area (Å²) in [6, 6.07) is 9.25. The van der Waals surface area contributed by atoms with Crippen molar-refractivity contribution in [2.24, 2.45) is 5.92 Å². The summed E-state index contributed by atoms with van der Waals surface area (Å²) in [7, 11) is 0. The minimum atomic E-state index is -0.330. The van der Waals surface area contributed by atoms with E-state index < -0.39 is 0 Å². The molecular formula is C22H25FN6O3. The summed E-state index contributed by atoms with van der Waals surface area (Å²) in [5.74, 6) is 0.561. The standard InChI is InChI=1S/C22H25FN6O3/c23-16-4-6-17(7-5-16)32-14-15-2-1-3-18(15)27-22(31)21-19(29-25-10-11-26-29)8-9-20(28-21)24-12-13-30/h4-11,15,18,30H,1-3,12-14H2,(H,24,28)(H,27,31)/t15-,18+/m1/s1. The van der Waals surface area contributed by atoms with E-state index in [9.17, 15) is 9.18 Å². The molecule has 0 aliphatic heterocycles. The van der Waals surface area contributed by atoms with Crippen LogP contribution in [0.2, 0.25) is 0 Å². The summed E-state index contributed by atoms with van der Waals surface area (Å²) < 4.78 is 18.9. The summed E-state index contributed by atoms with van der Waals surface area (Å²) in [5.41, 5.74) is 0.647. The number of carbonyl (C=O) groups excluding carboxylic acids is 1. The number of anilines is 1. The van der Waals surface area contributed by atoms with E-state index in [0.29, 0.717) is 30.4 Å². The van der Waals surface area contributed by atoms with Gasteiger partial charge in [0.2, 0.25) is 0 Å². The SMILES string of the molecule is O=C(N[C@H]1CCC[C@@H]1COc1ccc(F)cc1)c1nc(NCCO)ccc1-n1nccn1. The van der Waals surface area contributed by atoms with Crippen LogP contribution in [0.25, 0.3) is 5.69 Å². The molecule has 1 saturated carbocycles. The number of carbonyl (C=O) groups is 1. The molecule has 0 radical (unpaired) electrons. The first-order valence-electron chi connectivity index (χ1n) is 10.6. The molecule has 3 aromatic rings. The molecule has 32 heavy (non-hydrogen) atoms. The zero-order chi connectivity index (χ0) is 22.3. The van der Waals surface area contributed by atoms with Crippen LogP contribution in [0.1, 0.15) is 29.8 Å². The monoisotopic (exact) mass is 440 g/mol. The maximum absolute atomic E-state index is 13.2. The molecule has 10 heteroatoms. The van der Waals surface area contributed by atoms with E-state index in [4.69, 9.17) is 9.84 Å². The molecule has 0 spiro atoms. The maximum Gasteiger partial charge on any atom is 0.272 e. The van der Waals surface area contributed by atoms with Gasteiger partial charge in [-0.1, -0.05) is 6.42 Å². The number of aromatic nitrogens is 4. The van der Waals surface area contributed by atoms with Crippen LogP contribution >= 0.6 is 0 Å². The molecule has 1 fully saturated rings. The molecule has 9 nitrogen and oxygen atoms in total. The van der Waals surface area contributed by atoms with Crippen LogP contribution in [-0.2, 0) is 0 Å². The summed E-state index contributed by atoms with van der Waals surface area (Å²) in [5, 5.41) is 23.3. The van der Waals surface area contributed by atoms with Crippen molar-refractivity contribution in [2.75, 3.05) is 25.1 Å². The Morgan fingerprint density at radius 1 is 1.16 bits per heavy atom. The Labute approximate surface area is 184 Å². The first-order valence-corrected chi connectivity index (χ1v) is 10.6. The van der Waals surface area contributed by atoms with Gasteiger partial charge in [-0.2, -0.15) is 10.2 Å². The van der Waals surface area contributed by atoms with Gasteiger partial charge in [0.25, 0.3) is 5.91 Å². The lowest BCUT2D eigenvalue weighted by atomic mass is 10.0. The Morgan fingerprint density at radius 2 is 1.94 bits per heavy atom. The van der Waals surface area contributed by atoms with E-state index in [1.807, 2.05) is 0 Å². The molecular weight excluding hydrogens is 415 g/mol. The molecule has 2 heterocycles. The Kier molecular flexibility index (Phi) is 6.90. The number of hydrogen-bond acceptors (Lipinski definition) is 7. The van der Waals surface area contributed by atoms with Crippen LogP contribution in [0.3, 0.4) is 0 Å². The highest BCUT2D eigenvalue weighted by molar-refractivity contribution is 5.96. The highest BCUT2D eigenvalue weighted by Gasteiger charge is 2.30. The van der Waals surface area contributed by atoms with E-state index >= 15 is 0 Å². The summed E-state index contributed by atoms with van der Waals surface area (Å²) in [4.78, 5) is 19.0. The van der Waals surface area contributed by atoms with E-state index in [1.165, 1.54) is 29.3 Å². The van der Waals surface area contributed by atoms with Gasteiger partial charge in [-0.3, -0.25) is 4.79 Å². The van der Waals surface area contributed by atoms with E-state index in [2.05, 4.69) is 25.8 Å². The lowest BCUT2D eigenvalue weighted by molar-refractivity contribution is 0.0913. The third-order valence-electron chi connectivity index (χ3n) is 5.39. The summed E-state index contributed by atoms with van der Waals surface area (Å²) in [6.07, 6.45) is 5.78. The van der Waals surface area contributed by atoms with Crippen molar-refractivity contribution < 1.29 is 19.0 Å². The summed E-state index contributed by atoms with van der Waals surface area (Å²) in [6.45, 7) is 0.692. The Bertz CT molecular complexity index is 1030. The van der Waals surface area contributed by atoms with Gasteiger partial charge in [0, 0.05) is 18.5 Å². The molecule has 0 saturated heterocycles. The second-order valence-corrected chi connectivity index (χ2v) is 7.57. The minimum absolute atomic E-state index is 0.0521. The molecule has 168 valence electrons. The molecule has 1 aromatic carbocycles. The Balaban J connectivity index is 1.47. The Hall–Kier alpha value is -3.53. The van der Waals surface area contributed by atoms with Crippen LogP contribution < -0.4 is 15.4 Å². The first kappa shape index (κ1) is 21.7. The first-order chi connectivity index (χ1) is 15.6. The number of pyridine rings is 1. The second kappa shape index (κ2) is 10.2. The van der Waals surface area contributed by atoms with Crippen LogP contribution in [0.15, 0.2) is 48.8 Å². The molecule has 1 amide bonds. The van der Waals surface area contributed by atoms with Gasteiger partial charge in [-0.05, 0) is 49.2 Å². The summed E-state index contributed by atoms with van der Waals surface area (Å²) >= 11 is 0. The van der Waals surface area contributed by atoms with E-state index in [-0.39, 0.29) is 36.0 Å². The van der Waals surface area contributed by atoms with E-state index in [1.54, 1.807) is 24.3 Å². The van der Waals surface area contributed by atoms with Gasteiger partial charge >= 0.3 is 0 Å². The van der Waals surface area contributed by atoms with Crippen molar-refractivity contribution in [3.8, 4) is 11.4 Å². The predicted molar refractivity (Wildman–Crippen MR) is 115 cm³/mol. The van der Waals surface area contributed by atoms with Gasteiger partial charge < -0.3 is 20.5 Å². The highest BCUT2D eigenvalue weighted by atomic mass is 19.1. The fourth-order valence-electron chi connectivity index (χ4n) is 3.80. The molecule has 1 aliphatic rings. The van der Waals surface area contributed by atoms with Crippen molar-refractivity contribution in [3.05, 3.63) is 60.3 Å². The molecule has 4 rings (SSSR count). The van der Waals surface area contributed by atoms with Gasteiger partial charge in [0.1, 0.15) is 23.1 Å². The largest absolute Gasteiger partial charge is 0.493 e. The quantitative estimate of drug-likeness (QED) is 0.467. The molecule has 2 atom stereocenters. The van der Waals surface area contributed by atoms with Gasteiger partial charge in [0.05, 0.1) is 25.6 Å². The van der Waals surface area contributed by atoms with Crippen molar-refractivity contribution in [1.82, 2.24) is 25.3 Å². The van der Waals surface area contributed by atoms with Crippen molar-refractivity contribution in [1.29, 1.82) is 0 Å². The number of hydrogen-bond donors (Lipinski definition) is 3. The number of nitrogens with zero attached hydrogens (tertiary/aromatic N) is 4. The normalized spacial score (nSPS) is 17.8. The molecule has 0 bridgehead atoms. The topological polar surface area (TPSA) is 114 Å². The van der Waals surface area contributed by atoms with Crippen LogP contribution in [-0.4, -0.2) is 56.8 Å². The van der Waals surface area contributed by atoms with Gasteiger partial charge in [-0.25, -0.2) is 9.37 Å². The molecule has 1 aliphatic carbocycles. The lowest BCUT2D eigenvalue weighted by Crippen LogP contribution is -2.40. The number of rotatable bonds is 9. The number of aliphatic hydroxyl groups excluding tert-OH is 1. The zero-order valence-corrected chi connectivity index (χ0v) is 17.4.